The largest absolute Gasteiger partial charge is 0.492 e. The Hall–Kier alpha value is -2.06. The Kier molecular flexibility index (Phi) is 6.73. The molecule has 27 heavy (non-hydrogen) atoms. The maximum Gasteiger partial charge on any atom is 0.153 e. The smallest absolute Gasteiger partial charge is 0.153 e. The quantitative estimate of drug-likeness (QED) is 0.463. The average Bonchev–Trinajstić information content (AvgIpc) is 2.70. The number of benzene rings is 2. The van der Waals surface area contributed by atoms with Gasteiger partial charge in [0.05, 0.1) is 6.61 Å². The lowest BCUT2D eigenvalue weighted by atomic mass is 9.86. The van der Waals surface area contributed by atoms with E-state index in [0.29, 0.717) is 23.8 Å². The zero-order valence-electron chi connectivity index (χ0n) is 16.0. The van der Waals surface area contributed by atoms with Gasteiger partial charge in [0.25, 0.3) is 0 Å². The van der Waals surface area contributed by atoms with Gasteiger partial charge in [-0.2, -0.15) is 0 Å². The normalized spacial score (nSPS) is 17.2. The minimum atomic E-state index is -0.427. The van der Waals surface area contributed by atoms with Crippen molar-refractivity contribution in [2.45, 2.75) is 39.5 Å². The van der Waals surface area contributed by atoms with E-state index in [0.717, 1.165) is 24.8 Å². The monoisotopic (exact) mass is 384 g/mol. The fraction of sp³-hybridized carbons (Fsp3) is 0.333. The summed E-state index contributed by atoms with van der Waals surface area (Å²) in [5.41, 5.74) is 3.92. The third-order valence-corrected chi connectivity index (χ3v) is 5.34. The summed E-state index contributed by atoms with van der Waals surface area (Å²) in [6, 6.07) is 11.6. The van der Waals surface area contributed by atoms with Gasteiger partial charge in [0.1, 0.15) is 10.8 Å². The van der Waals surface area contributed by atoms with Crippen LogP contribution in [0.3, 0.4) is 0 Å². The van der Waals surface area contributed by atoms with Crippen molar-refractivity contribution in [2.75, 3.05) is 6.61 Å². The van der Waals surface area contributed by atoms with Crippen LogP contribution in [0.1, 0.15) is 45.1 Å². The second-order valence-corrected chi connectivity index (χ2v) is 7.33. The first kappa shape index (κ1) is 19.7. The van der Waals surface area contributed by atoms with Crippen LogP contribution < -0.4 is 4.74 Å². The number of allylic oxidation sites excluding steroid dienone is 4. The summed E-state index contributed by atoms with van der Waals surface area (Å²) in [5.74, 6) is 0.631. The van der Waals surface area contributed by atoms with Crippen molar-refractivity contribution in [3.05, 3.63) is 71.0 Å². The number of rotatable bonds is 6. The molecule has 2 aromatic carbocycles. The van der Waals surface area contributed by atoms with Crippen molar-refractivity contribution in [2.24, 2.45) is 5.92 Å². The van der Waals surface area contributed by atoms with Crippen molar-refractivity contribution >= 4 is 17.2 Å². The van der Waals surface area contributed by atoms with Gasteiger partial charge in [-0.25, -0.2) is 4.39 Å². The zero-order chi connectivity index (χ0) is 19.2. The molecule has 3 rings (SSSR count). The highest BCUT2D eigenvalue weighted by Gasteiger charge is 2.16. The Labute approximate surface area is 166 Å². The number of ether oxygens (including phenoxy) is 1. The molecule has 142 valence electrons. The van der Waals surface area contributed by atoms with Crippen molar-refractivity contribution in [1.29, 1.82) is 0 Å². The van der Waals surface area contributed by atoms with Crippen molar-refractivity contribution in [3.8, 4) is 16.9 Å². The molecule has 0 saturated carbocycles. The van der Waals surface area contributed by atoms with E-state index in [1.165, 1.54) is 17.6 Å². The molecule has 2 aromatic rings. The molecule has 0 heterocycles. The molecule has 1 atom stereocenters. The minimum Gasteiger partial charge on any atom is -0.492 e. The SMILES string of the molecule is C/C=C/C1CC=C(c2ccc(-c3ccc(OCCC)c(Cl)c3F)cc2)CC1. The molecule has 1 unspecified atom stereocenters. The maximum absolute atomic E-state index is 14.7. The summed E-state index contributed by atoms with van der Waals surface area (Å²) in [5, 5.41) is 0.0510. The fourth-order valence-electron chi connectivity index (χ4n) is 3.51. The molecule has 0 amide bonds. The van der Waals surface area contributed by atoms with E-state index in [1.54, 1.807) is 12.1 Å². The second kappa shape index (κ2) is 9.23. The Bertz CT molecular complexity index is 836. The summed E-state index contributed by atoms with van der Waals surface area (Å²) in [6.07, 6.45) is 11.0. The Morgan fingerprint density at radius 2 is 1.89 bits per heavy atom. The molecule has 0 saturated heterocycles. The molecule has 0 aliphatic heterocycles. The highest BCUT2D eigenvalue weighted by atomic mass is 35.5. The van der Waals surface area contributed by atoms with Gasteiger partial charge in [-0.05, 0) is 67.4 Å². The van der Waals surface area contributed by atoms with Gasteiger partial charge in [0.15, 0.2) is 5.82 Å². The maximum atomic E-state index is 14.7. The van der Waals surface area contributed by atoms with E-state index in [2.05, 4.69) is 37.3 Å². The van der Waals surface area contributed by atoms with E-state index >= 15 is 0 Å². The Balaban J connectivity index is 1.79. The van der Waals surface area contributed by atoms with Crippen LogP contribution >= 0.6 is 11.6 Å². The number of hydrogen-bond acceptors (Lipinski definition) is 1. The zero-order valence-corrected chi connectivity index (χ0v) is 16.7. The first-order valence-electron chi connectivity index (χ1n) is 9.67. The van der Waals surface area contributed by atoms with Gasteiger partial charge in [0, 0.05) is 5.56 Å². The highest BCUT2D eigenvalue weighted by molar-refractivity contribution is 6.32. The van der Waals surface area contributed by atoms with E-state index in [9.17, 15) is 4.39 Å². The lowest BCUT2D eigenvalue weighted by Crippen LogP contribution is -2.02. The first-order valence-corrected chi connectivity index (χ1v) is 10.0. The summed E-state index contributed by atoms with van der Waals surface area (Å²) in [4.78, 5) is 0. The highest BCUT2D eigenvalue weighted by Crippen LogP contribution is 2.36. The molecule has 1 aliphatic rings. The van der Waals surface area contributed by atoms with Crippen LogP contribution in [0, 0.1) is 11.7 Å². The summed E-state index contributed by atoms with van der Waals surface area (Å²) in [6.45, 7) is 4.60. The van der Waals surface area contributed by atoms with Crippen molar-refractivity contribution < 1.29 is 9.13 Å². The molecule has 1 aliphatic carbocycles. The molecule has 0 N–H and O–H groups in total. The molecule has 0 radical (unpaired) electrons. The van der Waals surface area contributed by atoms with Gasteiger partial charge in [-0.1, -0.05) is 61.0 Å². The lowest BCUT2D eigenvalue weighted by Gasteiger charge is -2.19. The fourth-order valence-corrected chi connectivity index (χ4v) is 3.72. The predicted molar refractivity (Wildman–Crippen MR) is 113 cm³/mol. The summed E-state index contributed by atoms with van der Waals surface area (Å²) >= 11 is 6.16. The third-order valence-electron chi connectivity index (χ3n) is 4.99. The first-order chi connectivity index (χ1) is 13.1. The number of hydrogen-bond donors (Lipinski definition) is 0. The Morgan fingerprint density at radius 3 is 2.52 bits per heavy atom. The van der Waals surface area contributed by atoms with Gasteiger partial charge in [-0.3, -0.25) is 0 Å². The topological polar surface area (TPSA) is 9.23 Å². The molecular weight excluding hydrogens is 359 g/mol. The minimum absolute atomic E-state index is 0.0510. The predicted octanol–water partition coefficient (Wildman–Crippen LogP) is 7.69. The summed E-state index contributed by atoms with van der Waals surface area (Å²) in [7, 11) is 0. The van der Waals surface area contributed by atoms with Crippen LogP contribution in [-0.2, 0) is 0 Å². The van der Waals surface area contributed by atoms with Crippen LogP contribution in [0.5, 0.6) is 5.75 Å². The van der Waals surface area contributed by atoms with Gasteiger partial charge in [-0.15, -0.1) is 0 Å². The van der Waals surface area contributed by atoms with Crippen LogP contribution in [0.15, 0.2) is 54.6 Å². The molecule has 3 heteroatoms. The van der Waals surface area contributed by atoms with Crippen LogP contribution in [0.25, 0.3) is 16.7 Å². The average molecular weight is 385 g/mol. The Morgan fingerprint density at radius 1 is 1.15 bits per heavy atom. The van der Waals surface area contributed by atoms with E-state index in [-0.39, 0.29) is 5.02 Å². The van der Waals surface area contributed by atoms with E-state index in [1.807, 2.05) is 19.1 Å². The van der Waals surface area contributed by atoms with Crippen molar-refractivity contribution in [3.63, 3.8) is 0 Å². The molecule has 1 nitrogen and oxygen atoms in total. The van der Waals surface area contributed by atoms with Crippen molar-refractivity contribution in [1.82, 2.24) is 0 Å². The van der Waals surface area contributed by atoms with Gasteiger partial charge < -0.3 is 4.74 Å². The van der Waals surface area contributed by atoms with Crippen LogP contribution in [0.4, 0.5) is 4.39 Å². The molecule has 0 aromatic heterocycles. The lowest BCUT2D eigenvalue weighted by molar-refractivity contribution is 0.316. The molecular formula is C24H26ClFO. The third kappa shape index (κ3) is 4.62. The molecule has 0 spiro atoms. The second-order valence-electron chi connectivity index (χ2n) is 6.95. The number of halogens is 2. The van der Waals surface area contributed by atoms with E-state index in [4.69, 9.17) is 16.3 Å². The van der Waals surface area contributed by atoms with Gasteiger partial charge in [0.2, 0.25) is 0 Å². The van der Waals surface area contributed by atoms with E-state index < -0.39 is 5.82 Å². The summed E-state index contributed by atoms with van der Waals surface area (Å²) < 4.78 is 20.2. The van der Waals surface area contributed by atoms with Crippen LogP contribution in [-0.4, -0.2) is 6.61 Å². The standard InChI is InChI=1S/C24H26ClFO/c1-3-5-17-6-8-18(9-7-17)19-10-12-20(13-11-19)21-14-15-22(27-16-4-2)23(25)24(21)26/h3,5,8,10-15,17H,4,6-7,9,16H2,1-2H3/b5-3+. The van der Waals surface area contributed by atoms with Crippen LogP contribution in [0.2, 0.25) is 5.02 Å². The molecule has 0 bridgehead atoms. The van der Waals surface area contributed by atoms with Gasteiger partial charge >= 0.3 is 0 Å². The molecule has 0 fully saturated rings.